The van der Waals surface area contributed by atoms with Crippen LogP contribution < -0.4 is 0 Å². The molecular weight excluding hydrogens is 322 g/mol. The highest BCUT2D eigenvalue weighted by Gasteiger charge is 2.26. The zero-order chi connectivity index (χ0) is 16.2. The van der Waals surface area contributed by atoms with E-state index in [1.807, 2.05) is 26.8 Å². The van der Waals surface area contributed by atoms with E-state index >= 15 is 0 Å². The molecule has 0 N–H and O–H groups in total. The van der Waals surface area contributed by atoms with Gasteiger partial charge in [-0.05, 0) is 51.7 Å². The van der Waals surface area contributed by atoms with E-state index < -0.39 is 5.60 Å². The van der Waals surface area contributed by atoms with E-state index in [0.29, 0.717) is 11.1 Å². The van der Waals surface area contributed by atoms with Gasteiger partial charge in [0.25, 0.3) is 0 Å². The number of carbonyl (C=O) groups is 1. The highest BCUT2D eigenvalue weighted by atomic mass is 35.5. The monoisotopic (exact) mass is 343 g/mol. The average Bonchev–Trinajstić information content (AvgIpc) is 2.45. The number of likely N-dealkylation sites (tertiary alicyclic amines) is 1. The summed E-state index contributed by atoms with van der Waals surface area (Å²) < 4.78 is 5.40. The van der Waals surface area contributed by atoms with Crippen LogP contribution in [0.3, 0.4) is 0 Å². The lowest BCUT2D eigenvalue weighted by atomic mass is 9.99. The van der Waals surface area contributed by atoms with Crippen molar-refractivity contribution in [3.05, 3.63) is 17.3 Å². The van der Waals surface area contributed by atoms with Crippen LogP contribution in [0.1, 0.15) is 33.6 Å². The summed E-state index contributed by atoms with van der Waals surface area (Å²) in [5.74, 6) is 1.57. The Kier molecular flexibility index (Phi) is 5.92. The molecule has 2 heterocycles. The van der Waals surface area contributed by atoms with Crippen LogP contribution in [0.5, 0.6) is 0 Å². The van der Waals surface area contributed by atoms with Gasteiger partial charge in [0.15, 0.2) is 5.15 Å². The summed E-state index contributed by atoms with van der Waals surface area (Å²) >= 11 is 7.41. The number of thioether (sulfide) groups is 1. The van der Waals surface area contributed by atoms with E-state index in [0.717, 1.165) is 36.7 Å². The molecule has 5 nitrogen and oxygen atoms in total. The molecule has 22 heavy (non-hydrogen) atoms. The summed E-state index contributed by atoms with van der Waals surface area (Å²) in [4.78, 5) is 13.8. The Morgan fingerprint density at radius 3 is 2.59 bits per heavy atom. The van der Waals surface area contributed by atoms with Crippen LogP contribution in [0, 0.1) is 5.92 Å². The molecular formula is C15H22ClN3O2S. The lowest BCUT2D eigenvalue weighted by Gasteiger charge is -2.33. The molecule has 1 aliphatic rings. The van der Waals surface area contributed by atoms with E-state index in [9.17, 15) is 4.79 Å². The van der Waals surface area contributed by atoms with Crippen molar-refractivity contribution < 1.29 is 9.53 Å². The summed E-state index contributed by atoms with van der Waals surface area (Å²) in [6.07, 6.45) is 1.78. The maximum absolute atomic E-state index is 12.0. The smallest absolute Gasteiger partial charge is 0.410 e. The molecule has 0 saturated carbocycles. The fraction of sp³-hybridized carbons (Fsp3) is 0.667. The molecule has 0 spiro atoms. The van der Waals surface area contributed by atoms with Crippen molar-refractivity contribution in [3.8, 4) is 0 Å². The second-order valence-corrected chi connectivity index (χ2v) is 7.84. The molecule has 122 valence electrons. The van der Waals surface area contributed by atoms with E-state index in [2.05, 4.69) is 10.2 Å². The van der Waals surface area contributed by atoms with Gasteiger partial charge in [0.2, 0.25) is 0 Å². The van der Waals surface area contributed by atoms with E-state index in [1.165, 1.54) is 0 Å². The third-order valence-corrected chi connectivity index (χ3v) is 4.69. The SMILES string of the molecule is CC(C)(C)OC(=O)N1CCC(CSc2ccc(Cl)nn2)CC1. The van der Waals surface area contributed by atoms with Gasteiger partial charge in [0, 0.05) is 18.8 Å². The van der Waals surface area contributed by atoms with Crippen molar-refractivity contribution in [2.75, 3.05) is 18.8 Å². The molecule has 1 aliphatic heterocycles. The van der Waals surface area contributed by atoms with Crippen molar-refractivity contribution in [2.45, 2.75) is 44.2 Å². The van der Waals surface area contributed by atoms with Crippen LogP contribution in [0.2, 0.25) is 5.15 Å². The molecule has 1 fully saturated rings. The number of nitrogens with zero attached hydrogens (tertiary/aromatic N) is 3. The number of halogens is 1. The first kappa shape index (κ1) is 17.3. The number of hydrogen-bond acceptors (Lipinski definition) is 5. The van der Waals surface area contributed by atoms with Gasteiger partial charge < -0.3 is 9.64 Å². The number of amides is 1. The Morgan fingerprint density at radius 1 is 1.36 bits per heavy atom. The van der Waals surface area contributed by atoms with Crippen molar-refractivity contribution in [2.24, 2.45) is 5.92 Å². The minimum absolute atomic E-state index is 0.206. The first-order valence-electron chi connectivity index (χ1n) is 7.43. The van der Waals surface area contributed by atoms with E-state index in [4.69, 9.17) is 16.3 Å². The first-order valence-corrected chi connectivity index (χ1v) is 8.80. The summed E-state index contributed by atoms with van der Waals surface area (Å²) in [6, 6.07) is 3.64. The van der Waals surface area contributed by atoms with Gasteiger partial charge in [-0.15, -0.1) is 22.0 Å². The average molecular weight is 344 g/mol. The van der Waals surface area contributed by atoms with Crippen LogP contribution in [-0.2, 0) is 4.74 Å². The standard InChI is InChI=1S/C15H22ClN3O2S/c1-15(2,3)21-14(20)19-8-6-11(7-9-19)10-22-13-5-4-12(16)17-18-13/h4-5,11H,6-10H2,1-3H3. The number of hydrogen-bond donors (Lipinski definition) is 0. The minimum atomic E-state index is -0.433. The zero-order valence-electron chi connectivity index (χ0n) is 13.2. The van der Waals surface area contributed by atoms with Gasteiger partial charge in [-0.25, -0.2) is 4.79 Å². The maximum atomic E-state index is 12.0. The van der Waals surface area contributed by atoms with E-state index in [1.54, 1.807) is 22.7 Å². The largest absolute Gasteiger partial charge is 0.444 e. The van der Waals surface area contributed by atoms with Gasteiger partial charge in [-0.3, -0.25) is 0 Å². The van der Waals surface area contributed by atoms with Gasteiger partial charge in [-0.1, -0.05) is 11.6 Å². The molecule has 1 aromatic heterocycles. The molecule has 1 amide bonds. The number of carbonyl (C=O) groups excluding carboxylic acids is 1. The summed E-state index contributed by atoms with van der Waals surface area (Å²) in [5, 5.41) is 9.18. The van der Waals surface area contributed by atoms with Crippen molar-refractivity contribution >= 4 is 29.5 Å². The lowest BCUT2D eigenvalue weighted by Crippen LogP contribution is -2.42. The molecule has 0 bridgehead atoms. The normalized spacial score (nSPS) is 16.6. The Balaban J connectivity index is 1.73. The molecule has 0 unspecified atom stereocenters. The second-order valence-electron chi connectivity index (χ2n) is 6.42. The van der Waals surface area contributed by atoms with Gasteiger partial charge in [0.1, 0.15) is 10.6 Å². The second kappa shape index (κ2) is 7.51. The molecule has 1 saturated heterocycles. The van der Waals surface area contributed by atoms with Crippen LogP contribution in [0.25, 0.3) is 0 Å². The van der Waals surface area contributed by atoms with Crippen LogP contribution >= 0.6 is 23.4 Å². The minimum Gasteiger partial charge on any atom is -0.444 e. The Bertz CT molecular complexity index is 497. The number of ether oxygens (including phenoxy) is 1. The van der Waals surface area contributed by atoms with Crippen LogP contribution in [0.15, 0.2) is 17.2 Å². The van der Waals surface area contributed by atoms with Gasteiger partial charge in [-0.2, -0.15) is 0 Å². The van der Waals surface area contributed by atoms with E-state index in [-0.39, 0.29) is 6.09 Å². The quantitative estimate of drug-likeness (QED) is 0.780. The summed E-state index contributed by atoms with van der Waals surface area (Å²) in [6.45, 7) is 7.18. The maximum Gasteiger partial charge on any atom is 0.410 e. The molecule has 0 aromatic carbocycles. The molecule has 0 aliphatic carbocycles. The molecule has 0 radical (unpaired) electrons. The number of aromatic nitrogens is 2. The Morgan fingerprint density at radius 2 is 2.05 bits per heavy atom. The third kappa shape index (κ3) is 5.65. The van der Waals surface area contributed by atoms with Crippen LogP contribution in [-0.4, -0.2) is 45.6 Å². The number of piperidine rings is 1. The third-order valence-electron chi connectivity index (χ3n) is 3.34. The van der Waals surface area contributed by atoms with Crippen molar-refractivity contribution in [1.29, 1.82) is 0 Å². The molecule has 2 rings (SSSR count). The predicted octanol–water partition coefficient (Wildman–Crippen LogP) is 3.87. The Labute approximate surface area is 140 Å². The van der Waals surface area contributed by atoms with Gasteiger partial charge in [0.05, 0.1) is 0 Å². The zero-order valence-corrected chi connectivity index (χ0v) is 14.8. The topological polar surface area (TPSA) is 55.3 Å². The molecule has 0 atom stereocenters. The van der Waals surface area contributed by atoms with Crippen LogP contribution in [0.4, 0.5) is 4.79 Å². The first-order chi connectivity index (χ1) is 10.3. The van der Waals surface area contributed by atoms with Crippen molar-refractivity contribution in [3.63, 3.8) is 0 Å². The Hall–Kier alpha value is -1.01. The van der Waals surface area contributed by atoms with Crippen molar-refractivity contribution in [1.82, 2.24) is 15.1 Å². The summed E-state index contributed by atoms with van der Waals surface area (Å²) in [5.41, 5.74) is -0.433. The summed E-state index contributed by atoms with van der Waals surface area (Å²) in [7, 11) is 0. The molecule has 1 aromatic rings. The lowest BCUT2D eigenvalue weighted by molar-refractivity contribution is 0.0191. The molecule has 7 heteroatoms. The van der Waals surface area contributed by atoms with Gasteiger partial charge >= 0.3 is 6.09 Å². The predicted molar refractivity (Wildman–Crippen MR) is 88.3 cm³/mol. The highest BCUT2D eigenvalue weighted by molar-refractivity contribution is 7.99. The highest BCUT2D eigenvalue weighted by Crippen LogP contribution is 2.26. The fourth-order valence-electron chi connectivity index (χ4n) is 2.19. The fourth-order valence-corrected chi connectivity index (χ4v) is 3.30. The number of rotatable bonds is 3.